The molecule has 4 nitrogen and oxygen atoms in total. The Balaban J connectivity index is 1.06. The second kappa shape index (κ2) is 16.4. The molecular formula is C45H38N2O2. The van der Waals surface area contributed by atoms with E-state index in [4.69, 9.17) is 4.74 Å². The molecule has 49 heavy (non-hydrogen) atoms. The molecule has 0 aliphatic rings. The molecule has 0 aromatic heterocycles. The first-order chi connectivity index (χ1) is 24.2. The number of anilines is 6. The monoisotopic (exact) mass is 638 g/mol. The van der Waals surface area contributed by atoms with E-state index < -0.39 is 5.97 Å². The van der Waals surface area contributed by atoms with Crippen LogP contribution >= 0.6 is 0 Å². The van der Waals surface area contributed by atoms with Crippen LogP contribution in [0.15, 0.2) is 189 Å². The van der Waals surface area contributed by atoms with Gasteiger partial charge in [-0.1, -0.05) is 110 Å². The van der Waals surface area contributed by atoms with E-state index in [0.29, 0.717) is 5.75 Å². The van der Waals surface area contributed by atoms with Gasteiger partial charge in [-0.05, 0) is 109 Å². The molecular weight excluding hydrogens is 601 g/mol. The van der Waals surface area contributed by atoms with Gasteiger partial charge in [0.15, 0.2) is 0 Å². The van der Waals surface area contributed by atoms with E-state index in [0.717, 1.165) is 58.6 Å². The van der Waals surface area contributed by atoms with Crippen molar-refractivity contribution < 1.29 is 9.53 Å². The highest BCUT2D eigenvalue weighted by Crippen LogP contribution is 2.36. The molecule has 6 rings (SSSR count). The van der Waals surface area contributed by atoms with Crippen molar-refractivity contribution in [2.24, 2.45) is 0 Å². The standard InChI is InChI=1S/C45H38N2O2/c1-2-45(48)49-44-34-32-43(33-35-44)47(40-22-14-7-15-23-40)42-30-26-37(27-31-42)17-9-4-3-8-16-36-24-28-41(29-25-36)46(38-18-10-5-11-19-38)39-20-12-6-13-21-39/h2,5-35H,1,3-4H2/b16-8+,17-9+. The number of allylic oxidation sites excluding steroid dienone is 2. The molecule has 6 aromatic rings. The summed E-state index contributed by atoms with van der Waals surface area (Å²) in [6.45, 7) is 3.46. The smallest absolute Gasteiger partial charge is 0.335 e. The van der Waals surface area contributed by atoms with Gasteiger partial charge in [0.1, 0.15) is 5.75 Å². The van der Waals surface area contributed by atoms with Crippen molar-refractivity contribution in [2.75, 3.05) is 9.80 Å². The molecule has 0 spiro atoms. The van der Waals surface area contributed by atoms with E-state index >= 15 is 0 Å². The van der Waals surface area contributed by atoms with Crippen LogP contribution in [0.1, 0.15) is 24.0 Å². The van der Waals surface area contributed by atoms with Crippen LogP contribution in [0, 0.1) is 0 Å². The van der Waals surface area contributed by atoms with Crippen LogP contribution in [0.4, 0.5) is 34.1 Å². The highest BCUT2D eigenvalue weighted by Gasteiger charge is 2.13. The molecule has 0 fully saturated rings. The minimum atomic E-state index is -0.479. The minimum absolute atomic E-state index is 0.476. The van der Waals surface area contributed by atoms with Crippen molar-refractivity contribution in [3.05, 3.63) is 200 Å². The highest BCUT2D eigenvalue weighted by molar-refractivity contribution is 5.84. The van der Waals surface area contributed by atoms with E-state index in [1.165, 1.54) is 5.56 Å². The Kier molecular flexibility index (Phi) is 10.9. The maximum Gasteiger partial charge on any atom is 0.335 e. The molecule has 4 heteroatoms. The van der Waals surface area contributed by atoms with E-state index in [9.17, 15) is 4.79 Å². The van der Waals surface area contributed by atoms with Crippen LogP contribution in [-0.2, 0) is 4.79 Å². The Hall–Kier alpha value is -6.39. The van der Waals surface area contributed by atoms with Gasteiger partial charge in [0.2, 0.25) is 0 Å². The van der Waals surface area contributed by atoms with Crippen molar-refractivity contribution >= 4 is 52.2 Å². The molecule has 0 aliphatic carbocycles. The molecule has 0 N–H and O–H groups in total. The highest BCUT2D eigenvalue weighted by atomic mass is 16.5. The third-order valence-electron chi connectivity index (χ3n) is 7.95. The molecule has 0 aliphatic heterocycles. The van der Waals surface area contributed by atoms with Crippen molar-refractivity contribution in [2.45, 2.75) is 12.8 Å². The number of carbonyl (C=O) groups is 1. The van der Waals surface area contributed by atoms with E-state index in [1.54, 1.807) is 12.1 Å². The Morgan fingerprint density at radius 2 is 0.796 bits per heavy atom. The number of esters is 1. The van der Waals surface area contributed by atoms with Gasteiger partial charge in [0, 0.05) is 40.2 Å². The number of carbonyl (C=O) groups excluding carboxylic acids is 1. The summed E-state index contributed by atoms with van der Waals surface area (Å²) in [6, 6.07) is 55.8. The Labute approximate surface area is 289 Å². The van der Waals surface area contributed by atoms with Gasteiger partial charge in [0.25, 0.3) is 0 Å². The van der Waals surface area contributed by atoms with Crippen LogP contribution in [0.5, 0.6) is 5.75 Å². The van der Waals surface area contributed by atoms with Crippen LogP contribution in [0.25, 0.3) is 12.2 Å². The van der Waals surface area contributed by atoms with Gasteiger partial charge in [-0.2, -0.15) is 0 Å². The maximum absolute atomic E-state index is 11.6. The lowest BCUT2D eigenvalue weighted by molar-refractivity contribution is -0.128. The lowest BCUT2D eigenvalue weighted by Crippen LogP contribution is -2.10. The fourth-order valence-electron chi connectivity index (χ4n) is 5.55. The van der Waals surface area contributed by atoms with Gasteiger partial charge < -0.3 is 14.5 Å². The summed E-state index contributed by atoms with van der Waals surface area (Å²) < 4.78 is 5.26. The fourth-order valence-corrected chi connectivity index (χ4v) is 5.55. The third kappa shape index (κ3) is 8.70. The summed E-state index contributed by atoms with van der Waals surface area (Å²) in [4.78, 5) is 16.0. The van der Waals surface area contributed by atoms with E-state index in [-0.39, 0.29) is 0 Å². The zero-order valence-corrected chi connectivity index (χ0v) is 27.3. The lowest BCUT2D eigenvalue weighted by Gasteiger charge is -2.25. The first kappa shape index (κ1) is 32.5. The molecule has 0 heterocycles. The van der Waals surface area contributed by atoms with E-state index in [2.05, 4.69) is 150 Å². The number of rotatable bonds is 13. The number of unbranched alkanes of at least 4 members (excludes halogenated alkanes) is 1. The largest absolute Gasteiger partial charge is 0.423 e. The molecule has 0 atom stereocenters. The number of nitrogens with zero attached hydrogens (tertiary/aromatic N) is 2. The fraction of sp³-hybridized carbons (Fsp3) is 0.0444. The lowest BCUT2D eigenvalue weighted by atomic mass is 10.1. The summed E-state index contributed by atoms with van der Waals surface area (Å²) in [5.74, 6) is -0.00311. The Morgan fingerprint density at radius 1 is 0.469 bits per heavy atom. The molecule has 0 saturated heterocycles. The Morgan fingerprint density at radius 3 is 1.14 bits per heavy atom. The van der Waals surface area contributed by atoms with Gasteiger partial charge in [-0.3, -0.25) is 0 Å². The molecule has 0 amide bonds. The molecule has 0 radical (unpaired) electrons. The molecule has 0 saturated carbocycles. The topological polar surface area (TPSA) is 32.8 Å². The SMILES string of the molecule is C=CC(=O)Oc1ccc(N(c2ccccc2)c2ccc(/C=C/CC/C=C/c3ccc(N(c4ccccc4)c4ccccc4)cc3)cc2)cc1. The first-order valence-electron chi connectivity index (χ1n) is 16.4. The summed E-state index contributed by atoms with van der Waals surface area (Å²) in [7, 11) is 0. The predicted octanol–water partition coefficient (Wildman–Crippen LogP) is 12.2. The number of para-hydroxylation sites is 3. The maximum atomic E-state index is 11.6. The van der Waals surface area contributed by atoms with Crippen LogP contribution < -0.4 is 14.5 Å². The van der Waals surface area contributed by atoms with Crippen LogP contribution in [0.3, 0.4) is 0 Å². The number of hydrogen-bond acceptors (Lipinski definition) is 4. The zero-order chi connectivity index (χ0) is 33.7. The van der Waals surface area contributed by atoms with Crippen molar-refractivity contribution in [3.63, 3.8) is 0 Å². The number of benzene rings is 6. The third-order valence-corrected chi connectivity index (χ3v) is 7.95. The van der Waals surface area contributed by atoms with Crippen molar-refractivity contribution in [1.82, 2.24) is 0 Å². The quantitative estimate of drug-likeness (QED) is 0.0545. The average molecular weight is 639 g/mol. The van der Waals surface area contributed by atoms with Crippen molar-refractivity contribution in [1.29, 1.82) is 0 Å². The Bertz CT molecular complexity index is 1940. The molecule has 0 bridgehead atoms. The summed E-state index contributed by atoms with van der Waals surface area (Å²) in [5, 5.41) is 0. The summed E-state index contributed by atoms with van der Waals surface area (Å²) in [5.41, 5.74) is 8.73. The minimum Gasteiger partial charge on any atom is -0.423 e. The molecule has 0 unspecified atom stereocenters. The second-order valence-corrected chi connectivity index (χ2v) is 11.4. The van der Waals surface area contributed by atoms with Crippen LogP contribution in [-0.4, -0.2) is 5.97 Å². The summed E-state index contributed by atoms with van der Waals surface area (Å²) in [6.07, 6.45) is 11.9. The number of hydrogen-bond donors (Lipinski definition) is 0. The van der Waals surface area contributed by atoms with E-state index in [1.807, 2.05) is 42.5 Å². The van der Waals surface area contributed by atoms with Crippen LogP contribution in [0.2, 0.25) is 0 Å². The predicted molar refractivity (Wildman–Crippen MR) is 205 cm³/mol. The molecule has 240 valence electrons. The van der Waals surface area contributed by atoms with Gasteiger partial charge in [0.05, 0.1) is 0 Å². The van der Waals surface area contributed by atoms with Gasteiger partial charge in [-0.25, -0.2) is 4.79 Å². The van der Waals surface area contributed by atoms with Gasteiger partial charge in [-0.15, -0.1) is 0 Å². The summed E-state index contributed by atoms with van der Waals surface area (Å²) >= 11 is 0. The number of ether oxygens (including phenoxy) is 1. The average Bonchev–Trinajstić information content (AvgIpc) is 3.16. The normalized spacial score (nSPS) is 11.0. The van der Waals surface area contributed by atoms with Crippen molar-refractivity contribution in [3.8, 4) is 5.75 Å². The van der Waals surface area contributed by atoms with Gasteiger partial charge >= 0.3 is 5.97 Å². The first-order valence-corrected chi connectivity index (χ1v) is 16.4. The zero-order valence-electron chi connectivity index (χ0n) is 27.3. The second-order valence-electron chi connectivity index (χ2n) is 11.4. The molecule has 6 aromatic carbocycles.